The molecule has 0 radical (unpaired) electrons. The summed E-state index contributed by atoms with van der Waals surface area (Å²) in [6.07, 6.45) is 1.69. The van der Waals surface area contributed by atoms with Gasteiger partial charge in [0.1, 0.15) is 0 Å². The van der Waals surface area contributed by atoms with Crippen LogP contribution in [-0.4, -0.2) is 16.0 Å². The normalized spacial score (nSPS) is 11.2. The molecule has 0 aliphatic carbocycles. The maximum Gasteiger partial charge on any atom is 0.0943 e. The van der Waals surface area contributed by atoms with Crippen molar-refractivity contribution in [2.45, 2.75) is 32.7 Å². The smallest absolute Gasteiger partial charge is 0.0943 e. The van der Waals surface area contributed by atoms with Crippen molar-refractivity contribution >= 4 is 22.7 Å². The van der Waals surface area contributed by atoms with Gasteiger partial charge >= 0.3 is 0 Å². The van der Waals surface area contributed by atoms with E-state index in [0.717, 1.165) is 34.2 Å². The van der Waals surface area contributed by atoms with Gasteiger partial charge in [0.05, 0.1) is 10.0 Å². The number of thiazole rings is 2. The Kier molecular flexibility index (Phi) is 3.68. The SMILES string of the molecule is Cc1csc(CC(N)Cc2nc(C)cs2)n1. The van der Waals surface area contributed by atoms with Crippen molar-refractivity contribution in [2.75, 3.05) is 0 Å². The van der Waals surface area contributed by atoms with Gasteiger partial charge in [0.15, 0.2) is 0 Å². The highest BCUT2D eigenvalue weighted by molar-refractivity contribution is 7.10. The zero-order chi connectivity index (χ0) is 11.5. The van der Waals surface area contributed by atoms with Gasteiger partial charge in [-0.3, -0.25) is 0 Å². The van der Waals surface area contributed by atoms with E-state index < -0.39 is 0 Å². The average Bonchev–Trinajstić information content (AvgIpc) is 2.76. The zero-order valence-corrected chi connectivity index (χ0v) is 11.1. The van der Waals surface area contributed by atoms with Gasteiger partial charge in [-0.25, -0.2) is 9.97 Å². The fourth-order valence-electron chi connectivity index (χ4n) is 1.51. The molecule has 5 heteroatoms. The summed E-state index contributed by atoms with van der Waals surface area (Å²) in [6, 6.07) is 0.121. The molecule has 2 heterocycles. The van der Waals surface area contributed by atoms with Crippen molar-refractivity contribution in [3.8, 4) is 0 Å². The Morgan fingerprint density at radius 2 is 1.50 bits per heavy atom. The predicted molar refractivity (Wildman–Crippen MR) is 69.1 cm³/mol. The van der Waals surface area contributed by atoms with E-state index in [9.17, 15) is 0 Å². The minimum Gasteiger partial charge on any atom is -0.327 e. The summed E-state index contributed by atoms with van der Waals surface area (Å²) in [6.45, 7) is 4.02. The molecule has 0 spiro atoms. The molecule has 0 aliphatic rings. The summed E-state index contributed by atoms with van der Waals surface area (Å²) in [7, 11) is 0. The maximum absolute atomic E-state index is 6.09. The Labute approximate surface area is 103 Å². The molecule has 0 fully saturated rings. The Balaban J connectivity index is 1.91. The first kappa shape index (κ1) is 11.7. The molecule has 86 valence electrons. The lowest BCUT2D eigenvalue weighted by Crippen LogP contribution is -2.25. The van der Waals surface area contributed by atoms with E-state index in [-0.39, 0.29) is 6.04 Å². The third-order valence-corrected chi connectivity index (χ3v) is 4.18. The van der Waals surface area contributed by atoms with Gasteiger partial charge in [-0.05, 0) is 13.8 Å². The molecule has 2 aromatic heterocycles. The molecule has 0 aliphatic heterocycles. The minimum absolute atomic E-state index is 0.121. The Morgan fingerprint density at radius 3 is 1.81 bits per heavy atom. The summed E-state index contributed by atoms with van der Waals surface area (Å²) in [5.74, 6) is 0. The topological polar surface area (TPSA) is 51.8 Å². The molecule has 0 bridgehead atoms. The van der Waals surface area contributed by atoms with Crippen molar-refractivity contribution in [1.29, 1.82) is 0 Å². The van der Waals surface area contributed by atoms with E-state index in [1.54, 1.807) is 22.7 Å². The third kappa shape index (κ3) is 3.10. The number of nitrogens with zero attached hydrogens (tertiary/aromatic N) is 2. The molecule has 2 rings (SSSR count). The third-order valence-electron chi connectivity index (χ3n) is 2.21. The predicted octanol–water partition coefficient (Wildman–Crippen LogP) is 2.33. The molecule has 16 heavy (non-hydrogen) atoms. The number of nitrogens with two attached hydrogens (primary N) is 1. The van der Waals surface area contributed by atoms with E-state index in [1.807, 2.05) is 13.8 Å². The lowest BCUT2D eigenvalue weighted by atomic mass is 10.1. The second kappa shape index (κ2) is 5.03. The fraction of sp³-hybridized carbons (Fsp3) is 0.455. The van der Waals surface area contributed by atoms with Crippen LogP contribution in [0.1, 0.15) is 21.4 Å². The fourth-order valence-corrected chi connectivity index (χ4v) is 3.25. The van der Waals surface area contributed by atoms with Gasteiger partial charge in [0, 0.05) is 41.0 Å². The highest BCUT2D eigenvalue weighted by Crippen LogP contribution is 2.14. The highest BCUT2D eigenvalue weighted by Gasteiger charge is 2.10. The molecule has 0 atom stereocenters. The van der Waals surface area contributed by atoms with Crippen molar-refractivity contribution in [1.82, 2.24) is 9.97 Å². The summed E-state index contributed by atoms with van der Waals surface area (Å²) in [4.78, 5) is 8.84. The van der Waals surface area contributed by atoms with Gasteiger partial charge in [-0.15, -0.1) is 22.7 Å². The standard InChI is InChI=1S/C11H15N3S2/c1-7-5-15-10(13-7)3-9(12)4-11-14-8(2)6-16-11/h5-6,9H,3-4,12H2,1-2H3. The molecule has 2 N–H and O–H groups in total. The van der Waals surface area contributed by atoms with Crippen LogP contribution in [0.2, 0.25) is 0 Å². The molecular weight excluding hydrogens is 238 g/mol. The first-order valence-electron chi connectivity index (χ1n) is 5.21. The van der Waals surface area contributed by atoms with Crippen LogP contribution in [0, 0.1) is 13.8 Å². The highest BCUT2D eigenvalue weighted by atomic mass is 32.1. The van der Waals surface area contributed by atoms with Crippen molar-refractivity contribution in [2.24, 2.45) is 5.73 Å². The second-order valence-electron chi connectivity index (χ2n) is 3.93. The first-order chi connectivity index (χ1) is 7.63. The molecule has 0 saturated carbocycles. The van der Waals surface area contributed by atoms with Crippen LogP contribution >= 0.6 is 22.7 Å². The molecule has 3 nitrogen and oxygen atoms in total. The Bertz CT molecular complexity index is 419. The number of rotatable bonds is 4. The number of aryl methyl sites for hydroxylation is 2. The van der Waals surface area contributed by atoms with Gasteiger partial charge in [-0.2, -0.15) is 0 Å². The number of aromatic nitrogens is 2. The number of hydrogen-bond acceptors (Lipinski definition) is 5. The van der Waals surface area contributed by atoms with Crippen LogP contribution in [0.3, 0.4) is 0 Å². The summed E-state index contributed by atoms with van der Waals surface area (Å²) in [5, 5.41) is 6.38. The van der Waals surface area contributed by atoms with Crippen molar-refractivity contribution in [3.63, 3.8) is 0 Å². The molecule has 0 amide bonds. The molecule has 0 unspecified atom stereocenters. The molecular formula is C11H15N3S2. The monoisotopic (exact) mass is 253 g/mol. The van der Waals surface area contributed by atoms with E-state index in [0.29, 0.717) is 0 Å². The van der Waals surface area contributed by atoms with E-state index in [1.165, 1.54) is 0 Å². The average molecular weight is 253 g/mol. The van der Waals surface area contributed by atoms with Crippen molar-refractivity contribution < 1.29 is 0 Å². The summed E-state index contributed by atoms with van der Waals surface area (Å²) in [5.41, 5.74) is 8.25. The lowest BCUT2D eigenvalue weighted by molar-refractivity contribution is 0.658. The number of hydrogen-bond donors (Lipinski definition) is 1. The van der Waals surface area contributed by atoms with Crippen LogP contribution in [0.25, 0.3) is 0 Å². The quantitative estimate of drug-likeness (QED) is 0.910. The lowest BCUT2D eigenvalue weighted by Gasteiger charge is -2.06. The van der Waals surface area contributed by atoms with Crippen LogP contribution in [0.5, 0.6) is 0 Å². The van der Waals surface area contributed by atoms with Crippen LogP contribution in [-0.2, 0) is 12.8 Å². The van der Waals surface area contributed by atoms with Gasteiger partial charge in [-0.1, -0.05) is 0 Å². The van der Waals surface area contributed by atoms with Crippen LogP contribution in [0.15, 0.2) is 10.8 Å². The Morgan fingerprint density at radius 1 is 1.06 bits per heavy atom. The molecule has 0 aromatic carbocycles. The van der Waals surface area contributed by atoms with Crippen molar-refractivity contribution in [3.05, 3.63) is 32.2 Å². The minimum atomic E-state index is 0.121. The van der Waals surface area contributed by atoms with Crippen LogP contribution in [0.4, 0.5) is 0 Å². The summed E-state index contributed by atoms with van der Waals surface area (Å²) >= 11 is 3.37. The second-order valence-corrected chi connectivity index (χ2v) is 5.82. The van der Waals surface area contributed by atoms with E-state index in [2.05, 4.69) is 20.7 Å². The van der Waals surface area contributed by atoms with Gasteiger partial charge < -0.3 is 5.73 Å². The Hall–Kier alpha value is -0.780. The van der Waals surface area contributed by atoms with Crippen LogP contribution < -0.4 is 5.73 Å². The summed E-state index contributed by atoms with van der Waals surface area (Å²) < 4.78 is 0. The molecule has 0 saturated heterocycles. The maximum atomic E-state index is 6.09. The zero-order valence-electron chi connectivity index (χ0n) is 9.43. The van der Waals surface area contributed by atoms with E-state index >= 15 is 0 Å². The van der Waals surface area contributed by atoms with E-state index in [4.69, 9.17) is 5.73 Å². The molecule has 2 aromatic rings. The van der Waals surface area contributed by atoms with Gasteiger partial charge in [0.25, 0.3) is 0 Å². The largest absolute Gasteiger partial charge is 0.327 e. The van der Waals surface area contributed by atoms with Gasteiger partial charge in [0.2, 0.25) is 0 Å². The first-order valence-corrected chi connectivity index (χ1v) is 6.97.